The zero-order chi connectivity index (χ0) is 14.6. The van der Waals surface area contributed by atoms with Gasteiger partial charge in [-0.15, -0.1) is 0 Å². The first kappa shape index (κ1) is 15.5. The quantitative estimate of drug-likeness (QED) is 0.642. The number of nitrogens with two attached hydrogens (primary N) is 1. The van der Waals surface area contributed by atoms with Gasteiger partial charge in [-0.25, -0.2) is 9.18 Å². The van der Waals surface area contributed by atoms with Crippen molar-refractivity contribution in [1.29, 1.82) is 0 Å². The number of hydrogen-bond acceptors (Lipinski definition) is 6. The molecule has 19 heavy (non-hydrogen) atoms. The number of ether oxygens (including phenoxy) is 1. The Balaban J connectivity index is 2.82. The second kappa shape index (κ2) is 6.60. The number of nitrogen functional groups attached to an aromatic ring is 1. The van der Waals surface area contributed by atoms with E-state index in [4.69, 9.17) is 15.6 Å². The molecule has 1 aromatic heterocycles. The summed E-state index contributed by atoms with van der Waals surface area (Å²) in [6.07, 6.45) is -3.64. The summed E-state index contributed by atoms with van der Waals surface area (Å²) in [4.78, 5) is 15.1. The molecule has 0 aliphatic rings. The van der Waals surface area contributed by atoms with Crippen LogP contribution in [0.3, 0.4) is 0 Å². The van der Waals surface area contributed by atoms with Gasteiger partial charge in [0.25, 0.3) is 0 Å². The van der Waals surface area contributed by atoms with Crippen LogP contribution in [0.15, 0.2) is 17.1 Å². The van der Waals surface area contributed by atoms with Crippen LogP contribution in [0.4, 0.5) is 10.2 Å². The largest absolute Gasteiger partial charge is 0.394 e. The Kier molecular flexibility index (Phi) is 5.40. The molecule has 108 valence electrons. The topological polar surface area (TPSA) is 111 Å². The molecule has 0 spiro atoms. The molecule has 0 aliphatic heterocycles. The third kappa shape index (κ3) is 3.98. The summed E-state index contributed by atoms with van der Waals surface area (Å²) >= 11 is 0. The van der Waals surface area contributed by atoms with Gasteiger partial charge in [0.15, 0.2) is 0 Å². The normalized spacial score (nSPS) is 17.7. The molecule has 4 N–H and O–H groups in total. The molecule has 0 saturated carbocycles. The number of alkyl halides is 1. The van der Waals surface area contributed by atoms with Crippen LogP contribution in [0.5, 0.6) is 0 Å². The molecular weight excluding hydrogens is 257 g/mol. The average molecular weight is 275 g/mol. The van der Waals surface area contributed by atoms with Crippen molar-refractivity contribution >= 4 is 5.82 Å². The molecule has 7 nitrogen and oxygen atoms in total. The van der Waals surface area contributed by atoms with Gasteiger partial charge in [-0.3, -0.25) is 4.57 Å². The predicted octanol–water partition coefficient (Wildman–Crippen LogP) is -0.560. The molecular formula is C11H18FN3O4. The lowest BCUT2D eigenvalue weighted by atomic mass is 10.1. The van der Waals surface area contributed by atoms with E-state index < -0.39 is 36.9 Å². The van der Waals surface area contributed by atoms with Crippen LogP contribution in [0.2, 0.25) is 0 Å². The number of aliphatic hydroxyl groups excluding tert-OH is 2. The molecule has 0 radical (unpaired) electrons. The predicted molar refractivity (Wildman–Crippen MR) is 66.2 cm³/mol. The van der Waals surface area contributed by atoms with Crippen molar-refractivity contribution in [3.05, 3.63) is 22.7 Å². The molecule has 8 heteroatoms. The fourth-order valence-electron chi connectivity index (χ4n) is 1.55. The van der Waals surface area contributed by atoms with Crippen molar-refractivity contribution in [1.82, 2.24) is 9.55 Å². The van der Waals surface area contributed by atoms with Crippen molar-refractivity contribution in [2.75, 3.05) is 12.3 Å². The highest BCUT2D eigenvalue weighted by Crippen LogP contribution is 2.14. The summed E-state index contributed by atoms with van der Waals surface area (Å²) in [6.45, 7) is 2.09. The van der Waals surface area contributed by atoms with E-state index in [2.05, 4.69) is 4.98 Å². The number of nitrogens with zero attached hydrogens (tertiary/aromatic N) is 2. The van der Waals surface area contributed by atoms with E-state index in [1.165, 1.54) is 19.2 Å². The van der Waals surface area contributed by atoms with Gasteiger partial charge in [-0.05, 0) is 19.9 Å². The van der Waals surface area contributed by atoms with Crippen LogP contribution in [-0.4, -0.2) is 44.8 Å². The van der Waals surface area contributed by atoms with E-state index in [9.17, 15) is 14.3 Å². The van der Waals surface area contributed by atoms with E-state index >= 15 is 0 Å². The summed E-state index contributed by atoms with van der Waals surface area (Å²) in [5, 5.41) is 18.6. The van der Waals surface area contributed by atoms with Gasteiger partial charge >= 0.3 is 5.69 Å². The summed E-state index contributed by atoms with van der Waals surface area (Å²) in [5.41, 5.74) is 4.72. The molecule has 4 atom stereocenters. The summed E-state index contributed by atoms with van der Waals surface area (Å²) < 4.78 is 19.4. The molecule has 1 heterocycles. The monoisotopic (exact) mass is 275 g/mol. The lowest BCUT2D eigenvalue weighted by Crippen LogP contribution is -2.40. The van der Waals surface area contributed by atoms with Crippen LogP contribution in [0, 0.1) is 0 Å². The Hall–Kier alpha value is -1.51. The minimum absolute atomic E-state index is 0.0737. The molecule has 0 amide bonds. The minimum atomic E-state index is -1.56. The highest BCUT2D eigenvalue weighted by atomic mass is 19.1. The Morgan fingerprint density at radius 1 is 1.58 bits per heavy atom. The number of rotatable bonds is 6. The van der Waals surface area contributed by atoms with E-state index in [-0.39, 0.29) is 5.82 Å². The van der Waals surface area contributed by atoms with Gasteiger partial charge < -0.3 is 20.7 Å². The lowest BCUT2D eigenvalue weighted by molar-refractivity contribution is -0.132. The van der Waals surface area contributed by atoms with Crippen LogP contribution >= 0.6 is 0 Å². The molecule has 4 unspecified atom stereocenters. The second-order valence-corrected chi connectivity index (χ2v) is 4.17. The fraction of sp³-hybridized carbons (Fsp3) is 0.636. The zero-order valence-corrected chi connectivity index (χ0v) is 10.7. The zero-order valence-electron chi connectivity index (χ0n) is 10.7. The van der Waals surface area contributed by atoms with Crippen LogP contribution in [-0.2, 0) is 4.74 Å². The highest BCUT2D eigenvalue weighted by molar-refractivity contribution is 5.23. The lowest BCUT2D eigenvalue weighted by Gasteiger charge is -2.26. The summed E-state index contributed by atoms with van der Waals surface area (Å²) in [5.74, 6) is 0.0737. The van der Waals surface area contributed by atoms with E-state index in [0.29, 0.717) is 0 Å². The fourth-order valence-corrected chi connectivity index (χ4v) is 1.55. The Morgan fingerprint density at radius 3 is 2.68 bits per heavy atom. The highest BCUT2D eigenvalue weighted by Gasteiger charge is 2.27. The van der Waals surface area contributed by atoms with E-state index in [0.717, 1.165) is 11.5 Å². The van der Waals surface area contributed by atoms with Gasteiger partial charge in [-0.1, -0.05) is 0 Å². The SMILES string of the molecule is CC(F)C(O)C(CO)OC(C)n1ccc(N)nc1=O. The molecule has 1 aromatic rings. The maximum Gasteiger partial charge on any atom is 0.351 e. The van der Waals surface area contributed by atoms with Crippen molar-refractivity contribution in [3.8, 4) is 0 Å². The van der Waals surface area contributed by atoms with Crippen molar-refractivity contribution in [3.63, 3.8) is 0 Å². The van der Waals surface area contributed by atoms with Crippen LogP contribution < -0.4 is 11.4 Å². The van der Waals surface area contributed by atoms with Gasteiger partial charge in [0.2, 0.25) is 0 Å². The van der Waals surface area contributed by atoms with Gasteiger partial charge in [0.1, 0.15) is 30.4 Å². The third-order valence-electron chi connectivity index (χ3n) is 2.65. The van der Waals surface area contributed by atoms with Crippen molar-refractivity contribution in [2.45, 2.75) is 38.5 Å². The Bertz CT molecular complexity index is 465. The Labute approximate surface area is 109 Å². The van der Waals surface area contributed by atoms with E-state index in [1.807, 2.05) is 0 Å². The van der Waals surface area contributed by atoms with Crippen molar-refractivity contribution < 1.29 is 19.3 Å². The smallest absolute Gasteiger partial charge is 0.351 e. The molecule has 0 saturated heterocycles. The molecule has 0 aromatic carbocycles. The van der Waals surface area contributed by atoms with Gasteiger partial charge in [0.05, 0.1) is 6.61 Å². The summed E-state index contributed by atoms with van der Waals surface area (Å²) in [7, 11) is 0. The molecule has 1 rings (SSSR count). The number of aliphatic hydroxyl groups is 2. The number of aromatic nitrogens is 2. The Morgan fingerprint density at radius 2 is 2.21 bits per heavy atom. The first-order valence-electron chi connectivity index (χ1n) is 5.80. The molecule has 0 aliphatic carbocycles. The minimum Gasteiger partial charge on any atom is -0.394 e. The number of anilines is 1. The second-order valence-electron chi connectivity index (χ2n) is 4.17. The van der Waals surface area contributed by atoms with Gasteiger partial charge in [-0.2, -0.15) is 4.98 Å². The maximum absolute atomic E-state index is 13.0. The van der Waals surface area contributed by atoms with Crippen LogP contribution in [0.25, 0.3) is 0 Å². The van der Waals surface area contributed by atoms with Crippen LogP contribution in [0.1, 0.15) is 20.1 Å². The molecule has 0 fully saturated rings. The average Bonchev–Trinajstić information content (AvgIpc) is 2.34. The van der Waals surface area contributed by atoms with Gasteiger partial charge in [0, 0.05) is 6.20 Å². The third-order valence-corrected chi connectivity index (χ3v) is 2.65. The van der Waals surface area contributed by atoms with E-state index in [1.54, 1.807) is 0 Å². The van der Waals surface area contributed by atoms with Crippen molar-refractivity contribution in [2.24, 2.45) is 0 Å². The standard InChI is InChI=1S/C11H18FN3O4/c1-6(12)10(17)8(5-16)19-7(2)15-4-3-9(13)14-11(15)18/h3-4,6-8,10,16-17H,5H2,1-2H3,(H2,13,14,18). The maximum atomic E-state index is 13.0. The summed E-state index contributed by atoms with van der Waals surface area (Å²) in [6, 6.07) is 1.41. The first-order chi connectivity index (χ1) is 8.86. The first-order valence-corrected chi connectivity index (χ1v) is 5.80. The number of hydrogen-bond donors (Lipinski definition) is 3. The number of halogens is 1. The molecule has 0 bridgehead atoms.